The first-order valence-electron chi connectivity index (χ1n) is 7.41. The summed E-state index contributed by atoms with van der Waals surface area (Å²) in [5.74, 6) is 0.338. The van der Waals surface area contributed by atoms with Gasteiger partial charge >= 0.3 is 0 Å². The zero-order valence-corrected chi connectivity index (χ0v) is 14.6. The molecular weight excluding hydrogens is 328 g/mol. The maximum atomic E-state index is 12.3. The van der Waals surface area contributed by atoms with Crippen LogP contribution in [0.15, 0.2) is 53.4 Å². The van der Waals surface area contributed by atoms with E-state index in [-0.39, 0.29) is 16.4 Å². The van der Waals surface area contributed by atoms with Crippen LogP contribution >= 0.6 is 0 Å². The summed E-state index contributed by atoms with van der Waals surface area (Å²) in [6.45, 7) is 2.46. The Kier molecular flexibility index (Phi) is 5.58. The third-order valence-corrected chi connectivity index (χ3v) is 5.11. The van der Waals surface area contributed by atoms with Gasteiger partial charge in [-0.2, -0.15) is 0 Å². The van der Waals surface area contributed by atoms with E-state index in [0.717, 1.165) is 10.1 Å². The van der Waals surface area contributed by atoms with Crippen LogP contribution in [0.3, 0.4) is 0 Å². The molecule has 2 rings (SSSR count). The number of anilines is 1. The van der Waals surface area contributed by atoms with Crippen molar-refractivity contribution in [1.29, 1.82) is 0 Å². The van der Waals surface area contributed by atoms with Crippen LogP contribution in [0.5, 0.6) is 5.75 Å². The third-order valence-electron chi connectivity index (χ3n) is 3.30. The van der Waals surface area contributed by atoms with Crippen LogP contribution < -0.4 is 10.1 Å². The fraction of sp³-hybridized carbons (Fsp3) is 0.235. The molecule has 0 radical (unpaired) electrons. The normalized spacial score (nSPS) is 11.3. The first-order chi connectivity index (χ1) is 11.3. The summed E-state index contributed by atoms with van der Waals surface area (Å²) in [6.07, 6.45) is 0. The number of ether oxygens (including phenoxy) is 1. The number of nitrogens with zero attached hydrogens (tertiary/aromatic N) is 1. The van der Waals surface area contributed by atoms with Crippen LogP contribution in [0.25, 0.3) is 0 Å². The monoisotopic (exact) mass is 348 g/mol. The molecule has 0 unspecified atom stereocenters. The molecule has 0 heterocycles. The summed E-state index contributed by atoms with van der Waals surface area (Å²) >= 11 is 0. The Bertz CT molecular complexity index is 815. The Morgan fingerprint density at radius 3 is 2.38 bits per heavy atom. The number of carbonyl (C=O) groups excluding carboxylic acids is 1. The van der Waals surface area contributed by atoms with Gasteiger partial charge in [0.1, 0.15) is 5.75 Å². The SMILES string of the molecule is CCOc1ccc(NC(=O)c2cccc(S(=O)(=O)N(C)C)c2)cc1. The average Bonchev–Trinajstić information content (AvgIpc) is 2.57. The minimum Gasteiger partial charge on any atom is -0.494 e. The quantitative estimate of drug-likeness (QED) is 0.870. The van der Waals surface area contributed by atoms with Crippen molar-refractivity contribution in [2.75, 3.05) is 26.0 Å². The minimum absolute atomic E-state index is 0.0758. The Morgan fingerprint density at radius 1 is 1.12 bits per heavy atom. The van der Waals surface area contributed by atoms with Crippen LogP contribution in [-0.2, 0) is 10.0 Å². The molecule has 2 aromatic rings. The van der Waals surface area contributed by atoms with Crippen molar-refractivity contribution >= 4 is 21.6 Å². The molecule has 0 saturated heterocycles. The lowest BCUT2D eigenvalue weighted by molar-refractivity contribution is 0.102. The van der Waals surface area contributed by atoms with Crippen molar-refractivity contribution in [2.45, 2.75) is 11.8 Å². The second kappa shape index (κ2) is 7.46. The fourth-order valence-corrected chi connectivity index (χ4v) is 2.96. The molecule has 0 spiro atoms. The minimum atomic E-state index is -3.58. The van der Waals surface area contributed by atoms with E-state index in [1.807, 2.05) is 6.92 Å². The molecule has 0 aliphatic carbocycles. The summed E-state index contributed by atoms with van der Waals surface area (Å²) in [5, 5.41) is 2.73. The third kappa shape index (κ3) is 4.12. The van der Waals surface area contributed by atoms with Crippen LogP contribution in [-0.4, -0.2) is 39.3 Å². The highest BCUT2D eigenvalue weighted by Crippen LogP contribution is 2.18. The highest BCUT2D eigenvalue weighted by molar-refractivity contribution is 7.89. The molecule has 0 aliphatic heterocycles. The maximum absolute atomic E-state index is 12.3. The predicted molar refractivity (Wildman–Crippen MR) is 92.9 cm³/mol. The Labute approximate surface area is 142 Å². The van der Waals surface area contributed by atoms with Crippen molar-refractivity contribution in [3.63, 3.8) is 0 Å². The summed E-state index contributed by atoms with van der Waals surface area (Å²) < 4.78 is 30.7. The number of amides is 1. The predicted octanol–water partition coefficient (Wildman–Crippen LogP) is 2.59. The highest BCUT2D eigenvalue weighted by Gasteiger charge is 2.18. The fourth-order valence-electron chi connectivity index (χ4n) is 2.01. The van der Waals surface area contributed by atoms with Crippen molar-refractivity contribution in [3.8, 4) is 5.75 Å². The zero-order valence-electron chi connectivity index (χ0n) is 13.8. The summed E-state index contributed by atoms with van der Waals surface area (Å²) in [6, 6.07) is 12.9. The Hall–Kier alpha value is -2.38. The van der Waals surface area contributed by atoms with Gasteiger partial charge in [0.15, 0.2) is 0 Å². The van der Waals surface area contributed by atoms with Crippen LogP contribution in [0.4, 0.5) is 5.69 Å². The molecule has 0 fully saturated rings. The lowest BCUT2D eigenvalue weighted by Crippen LogP contribution is -2.22. The van der Waals surface area contributed by atoms with Gasteiger partial charge in [-0.25, -0.2) is 12.7 Å². The van der Waals surface area contributed by atoms with E-state index < -0.39 is 10.0 Å². The number of sulfonamides is 1. The maximum Gasteiger partial charge on any atom is 0.255 e. The second-order valence-corrected chi connectivity index (χ2v) is 7.38. The Balaban J connectivity index is 2.18. The molecule has 24 heavy (non-hydrogen) atoms. The number of carbonyl (C=O) groups is 1. The molecule has 0 bridgehead atoms. The van der Waals surface area contributed by atoms with E-state index in [4.69, 9.17) is 4.74 Å². The van der Waals surface area contributed by atoms with E-state index in [1.165, 1.54) is 26.2 Å². The van der Waals surface area contributed by atoms with Crippen molar-refractivity contribution in [2.24, 2.45) is 0 Å². The number of nitrogens with one attached hydrogen (secondary N) is 1. The van der Waals surface area contributed by atoms with Crippen LogP contribution in [0.2, 0.25) is 0 Å². The van der Waals surface area contributed by atoms with Gasteiger partial charge in [-0.1, -0.05) is 6.07 Å². The number of rotatable bonds is 6. The molecule has 0 saturated carbocycles. The second-order valence-electron chi connectivity index (χ2n) is 5.23. The van der Waals surface area contributed by atoms with Crippen LogP contribution in [0, 0.1) is 0 Å². The summed E-state index contributed by atoms with van der Waals surface area (Å²) in [4.78, 5) is 12.4. The van der Waals surface area contributed by atoms with Crippen LogP contribution in [0.1, 0.15) is 17.3 Å². The lowest BCUT2D eigenvalue weighted by atomic mass is 10.2. The summed E-state index contributed by atoms with van der Waals surface area (Å²) in [7, 11) is -0.688. The number of hydrogen-bond acceptors (Lipinski definition) is 4. The molecular formula is C17H20N2O4S. The van der Waals surface area contributed by atoms with Gasteiger partial charge in [0.05, 0.1) is 11.5 Å². The number of hydrogen-bond donors (Lipinski definition) is 1. The van der Waals surface area contributed by atoms with Gasteiger partial charge in [0.25, 0.3) is 5.91 Å². The van der Waals surface area contributed by atoms with Crippen molar-refractivity contribution < 1.29 is 17.9 Å². The van der Waals surface area contributed by atoms with Gasteiger partial charge in [0, 0.05) is 25.3 Å². The molecule has 0 atom stereocenters. The summed E-state index contributed by atoms with van der Waals surface area (Å²) in [5.41, 5.74) is 0.871. The molecule has 0 aliphatic rings. The first-order valence-corrected chi connectivity index (χ1v) is 8.85. The van der Waals surface area contributed by atoms with E-state index in [1.54, 1.807) is 36.4 Å². The molecule has 1 amide bonds. The van der Waals surface area contributed by atoms with Crippen molar-refractivity contribution in [1.82, 2.24) is 4.31 Å². The van der Waals surface area contributed by atoms with E-state index in [9.17, 15) is 13.2 Å². The van der Waals surface area contributed by atoms with E-state index >= 15 is 0 Å². The molecule has 2 aromatic carbocycles. The molecule has 128 valence electrons. The standard InChI is InChI=1S/C17H20N2O4S/c1-4-23-15-10-8-14(9-11-15)18-17(20)13-6-5-7-16(12-13)24(21,22)19(2)3/h5-12H,4H2,1-3H3,(H,18,20). The van der Waals surface area contributed by atoms with Gasteiger partial charge in [0.2, 0.25) is 10.0 Å². The smallest absolute Gasteiger partial charge is 0.255 e. The molecule has 0 aromatic heterocycles. The average molecular weight is 348 g/mol. The molecule has 7 heteroatoms. The van der Waals surface area contributed by atoms with Gasteiger partial charge in [-0.3, -0.25) is 4.79 Å². The number of benzene rings is 2. The van der Waals surface area contributed by atoms with Gasteiger partial charge in [-0.15, -0.1) is 0 Å². The topological polar surface area (TPSA) is 75.7 Å². The molecule has 6 nitrogen and oxygen atoms in total. The highest BCUT2D eigenvalue weighted by atomic mass is 32.2. The van der Waals surface area contributed by atoms with Crippen molar-refractivity contribution in [3.05, 3.63) is 54.1 Å². The van der Waals surface area contributed by atoms with E-state index in [2.05, 4.69) is 5.32 Å². The Morgan fingerprint density at radius 2 is 1.79 bits per heavy atom. The lowest BCUT2D eigenvalue weighted by Gasteiger charge is -2.12. The largest absolute Gasteiger partial charge is 0.494 e. The van der Waals surface area contributed by atoms with E-state index in [0.29, 0.717) is 12.3 Å². The molecule has 1 N–H and O–H groups in total. The van der Waals surface area contributed by atoms with Gasteiger partial charge in [-0.05, 0) is 49.4 Å². The van der Waals surface area contributed by atoms with Gasteiger partial charge < -0.3 is 10.1 Å². The zero-order chi connectivity index (χ0) is 17.7. The first kappa shape index (κ1) is 18.0.